The van der Waals surface area contributed by atoms with Gasteiger partial charge in [-0.25, -0.2) is 8.78 Å². The van der Waals surface area contributed by atoms with Gasteiger partial charge in [-0.05, 0) is 18.6 Å². The predicted octanol–water partition coefficient (Wildman–Crippen LogP) is 1.82. The SMILES string of the molecule is CCCC(CN)NC(=O)c1c(F)cccc1F. The molecule has 0 aliphatic carbocycles. The van der Waals surface area contributed by atoms with E-state index in [1.165, 1.54) is 6.07 Å². The zero-order valence-electron chi connectivity index (χ0n) is 9.67. The monoisotopic (exact) mass is 242 g/mol. The molecule has 1 amide bonds. The number of benzene rings is 1. The number of halogens is 2. The van der Waals surface area contributed by atoms with Crippen molar-refractivity contribution in [2.75, 3.05) is 6.54 Å². The summed E-state index contributed by atoms with van der Waals surface area (Å²) in [5, 5.41) is 2.52. The maximum atomic E-state index is 13.3. The number of carbonyl (C=O) groups excluding carboxylic acids is 1. The van der Waals surface area contributed by atoms with Crippen LogP contribution in [0.4, 0.5) is 8.78 Å². The van der Waals surface area contributed by atoms with Crippen LogP contribution in [0.15, 0.2) is 18.2 Å². The van der Waals surface area contributed by atoms with E-state index >= 15 is 0 Å². The van der Waals surface area contributed by atoms with Gasteiger partial charge in [-0.2, -0.15) is 0 Å². The summed E-state index contributed by atoms with van der Waals surface area (Å²) >= 11 is 0. The topological polar surface area (TPSA) is 55.1 Å². The van der Waals surface area contributed by atoms with E-state index in [2.05, 4.69) is 5.32 Å². The van der Waals surface area contributed by atoms with E-state index in [1.807, 2.05) is 6.92 Å². The Morgan fingerprint density at radius 3 is 2.47 bits per heavy atom. The van der Waals surface area contributed by atoms with Crippen molar-refractivity contribution >= 4 is 5.91 Å². The summed E-state index contributed by atoms with van der Waals surface area (Å²) in [4.78, 5) is 11.7. The molecule has 5 heteroatoms. The Hall–Kier alpha value is -1.49. The number of amides is 1. The van der Waals surface area contributed by atoms with Crippen molar-refractivity contribution in [1.29, 1.82) is 0 Å². The Balaban J connectivity index is 2.82. The van der Waals surface area contributed by atoms with Crippen molar-refractivity contribution in [1.82, 2.24) is 5.32 Å². The lowest BCUT2D eigenvalue weighted by Gasteiger charge is -2.16. The highest BCUT2D eigenvalue weighted by atomic mass is 19.1. The van der Waals surface area contributed by atoms with Crippen molar-refractivity contribution in [2.24, 2.45) is 5.73 Å². The summed E-state index contributed by atoms with van der Waals surface area (Å²) in [5.41, 5.74) is 4.91. The molecular weight excluding hydrogens is 226 g/mol. The third-order valence-corrected chi connectivity index (χ3v) is 2.45. The molecule has 3 N–H and O–H groups in total. The fourth-order valence-electron chi connectivity index (χ4n) is 1.57. The van der Waals surface area contributed by atoms with Crippen LogP contribution in [0.3, 0.4) is 0 Å². The van der Waals surface area contributed by atoms with E-state index in [0.717, 1.165) is 18.6 Å². The molecule has 0 bridgehead atoms. The van der Waals surface area contributed by atoms with Crippen LogP contribution in [0.5, 0.6) is 0 Å². The van der Waals surface area contributed by atoms with E-state index < -0.39 is 23.1 Å². The molecule has 0 aliphatic heterocycles. The minimum atomic E-state index is -0.866. The van der Waals surface area contributed by atoms with Gasteiger partial charge in [0.2, 0.25) is 0 Å². The smallest absolute Gasteiger partial charge is 0.257 e. The van der Waals surface area contributed by atoms with Crippen molar-refractivity contribution in [3.05, 3.63) is 35.4 Å². The highest BCUT2D eigenvalue weighted by Crippen LogP contribution is 2.12. The average molecular weight is 242 g/mol. The average Bonchev–Trinajstić information content (AvgIpc) is 2.28. The first-order valence-corrected chi connectivity index (χ1v) is 5.55. The van der Waals surface area contributed by atoms with Crippen molar-refractivity contribution in [3.8, 4) is 0 Å². The highest BCUT2D eigenvalue weighted by Gasteiger charge is 2.19. The molecule has 0 aromatic heterocycles. The second-order valence-corrected chi connectivity index (χ2v) is 3.79. The molecule has 94 valence electrons. The third kappa shape index (κ3) is 3.49. The molecule has 1 rings (SSSR count). The second-order valence-electron chi connectivity index (χ2n) is 3.79. The zero-order chi connectivity index (χ0) is 12.8. The minimum Gasteiger partial charge on any atom is -0.348 e. The molecule has 0 aliphatic rings. The number of nitrogens with one attached hydrogen (secondary N) is 1. The predicted molar refractivity (Wildman–Crippen MR) is 61.6 cm³/mol. The van der Waals surface area contributed by atoms with Gasteiger partial charge < -0.3 is 11.1 Å². The van der Waals surface area contributed by atoms with E-state index in [4.69, 9.17) is 5.73 Å². The van der Waals surface area contributed by atoms with Gasteiger partial charge in [-0.15, -0.1) is 0 Å². The van der Waals surface area contributed by atoms with E-state index in [0.29, 0.717) is 6.42 Å². The molecule has 0 fully saturated rings. The van der Waals surface area contributed by atoms with Crippen LogP contribution in [-0.4, -0.2) is 18.5 Å². The molecule has 1 atom stereocenters. The zero-order valence-corrected chi connectivity index (χ0v) is 9.67. The lowest BCUT2D eigenvalue weighted by molar-refractivity contribution is 0.0927. The first-order chi connectivity index (χ1) is 8.10. The molecular formula is C12H16F2N2O. The molecule has 3 nitrogen and oxygen atoms in total. The van der Waals surface area contributed by atoms with E-state index in [-0.39, 0.29) is 12.6 Å². The van der Waals surface area contributed by atoms with E-state index in [1.54, 1.807) is 0 Å². The lowest BCUT2D eigenvalue weighted by Crippen LogP contribution is -2.40. The Kier molecular flexibility index (Phi) is 5.03. The third-order valence-electron chi connectivity index (χ3n) is 2.45. The molecule has 0 spiro atoms. The summed E-state index contributed by atoms with van der Waals surface area (Å²) in [6.45, 7) is 2.19. The molecule has 0 radical (unpaired) electrons. The van der Waals surface area contributed by atoms with Gasteiger partial charge in [-0.3, -0.25) is 4.79 Å². The number of carbonyl (C=O) groups is 1. The number of hydrogen-bond acceptors (Lipinski definition) is 2. The number of hydrogen-bond donors (Lipinski definition) is 2. The Morgan fingerprint density at radius 1 is 1.41 bits per heavy atom. The first kappa shape index (κ1) is 13.6. The first-order valence-electron chi connectivity index (χ1n) is 5.55. The van der Waals surface area contributed by atoms with Crippen LogP contribution in [0.25, 0.3) is 0 Å². The quantitative estimate of drug-likeness (QED) is 0.827. The Morgan fingerprint density at radius 2 is 2.00 bits per heavy atom. The summed E-state index contributed by atoms with van der Waals surface area (Å²) < 4.78 is 26.6. The minimum absolute atomic E-state index is 0.246. The van der Waals surface area contributed by atoms with Crippen LogP contribution in [0.1, 0.15) is 30.1 Å². The summed E-state index contributed by atoms with van der Waals surface area (Å²) in [7, 11) is 0. The van der Waals surface area contributed by atoms with Gasteiger partial charge in [0.05, 0.1) is 0 Å². The fraction of sp³-hybridized carbons (Fsp3) is 0.417. The molecule has 0 saturated heterocycles. The molecule has 1 aromatic carbocycles. The maximum Gasteiger partial charge on any atom is 0.257 e. The van der Waals surface area contributed by atoms with E-state index in [9.17, 15) is 13.6 Å². The summed E-state index contributed by atoms with van der Waals surface area (Å²) in [6, 6.07) is 3.06. The van der Waals surface area contributed by atoms with Crippen LogP contribution in [-0.2, 0) is 0 Å². The standard InChI is InChI=1S/C12H16F2N2O/c1-2-4-8(7-15)16-12(17)11-9(13)5-3-6-10(11)14/h3,5-6,8H,2,4,7,15H2,1H3,(H,16,17). The maximum absolute atomic E-state index is 13.3. The van der Waals surface area contributed by atoms with Crippen LogP contribution in [0.2, 0.25) is 0 Å². The Labute approximate surface area is 99.0 Å². The second kappa shape index (κ2) is 6.30. The number of nitrogens with two attached hydrogens (primary N) is 1. The number of rotatable bonds is 5. The molecule has 0 saturated carbocycles. The van der Waals surface area contributed by atoms with Crippen LogP contribution < -0.4 is 11.1 Å². The van der Waals surface area contributed by atoms with Gasteiger partial charge >= 0.3 is 0 Å². The largest absolute Gasteiger partial charge is 0.348 e. The summed E-state index contributed by atoms with van der Waals surface area (Å²) in [6.07, 6.45) is 1.51. The van der Waals surface area contributed by atoms with Crippen LogP contribution >= 0.6 is 0 Å². The van der Waals surface area contributed by atoms with Gasteiger partial charge in [0.25, 0.3) is 5.91 Å². The molecule has 1 aromatic rings. The Bertz CT molecular complexity index is 376. The van der Waals surface area contributed by atoms with Crippen molar-refractivity contribution < 1.29 is 13.6 Å². The normalized spacial score (nSPS) is 12.2. The molecule has 17 heavy (non-hydrogen) atoms. The van der Waals surface area contributed by atoms with Gasteiger partial charge in [0.15, 0.2) is 0 Å². The lowest BCUT2D eigenvalue weighted by atomic mass is 10.1. The van der Waals surface area contributed by atoms with Crippen molar-refractivity contribution in [2.45, 2.75) is 25.8 Å². The van der Waals surface area contributed by atoms with Gasteiger partial charge in [-0.1, -0.05) is 19.4 Å². The van der Waals surface area contributed by atoms with Gasteiger partial charge in [0, 0.05) is 12.6 Å². The van der Waals surface area contributed by atoms with Gasteiger partial charge in [0.1, 0.15) is 17.2 Å². The molecule has 0 heterocycles. The molecule has 1 unspecified atom stereocenters. The highest BCUT2D eigenvalue weighted by molar-refractivity contribution is 5.94. The fourth-order valence-corrected chi connectivity index (χ4v) is 1.57. The van der Waals surface area contributed by atoms with Crippen LogP contribution in [0, 0.1) is 11.6 Å². The summed E-state index contributed by atoms with van der Waals surface area (Å²) in [5.74, 6) is -2.49. The van der Waals surface area contributed by atoms with Crippen molar-refractivity contribution in [3.63, 3.8) is 0 Å².